The summed E-state index contributed by atoms with van der Waals surface area (Å²) in [7, 11) is 0. The summed E-state index contributed by atoms with van der Waals surface area (Å²) in [6, 6.07) is 0. The largest absolute Gasteiger partial charge is 0.394 e. The third-order valence-corrected chi connectivity index (χ3v) is 14.2. The van der Waals surface area contributed by atoms with Crippen LogP contribution in [0.25, 0.3) is 0 Å². The van der Waals surface area contributed by atoms with Gasteiger partial charge in [0.1, 0.15) is 153 Å². The Kier molecular flexibility index (Phi) is 22.2. The van der Waals surface area contributed by atoms with Crippen molar-refractivity contribution >= 4 is 0 Å². The second kappa shape index (κ2) is 27.1. The van der Waals surface area contributed by atoms with Crippen LogP contribution < -0.4 is 0 Å². The molecule has 16 heterocycles. The Morgan fingerprint density at radius 3 is 0.947 bits per heavy atom. The van der Waals surface area contributed by atoms with Crippen LogP contribution in [-0.4, -0.2) is 351 Å². The van der Waals surface area contributed by atoms with Gasteiger partial charge in [-0.1, -0.05) is 0 Å². The molecule has 0 aromatic carbocycles. The molecule has 16 aliphatic heterocycles. The molecule has 0 saturated carbocycles. The maximum atomic E-state index is 11.4. The third-order valence-electron chi connectivity index (χ3n) is 14.2. The molecule has 0 aromatic heterocycles. The summed E-state index contributed by atoms with van der Waals surface area (Å²) >= 11 is 0. The molecular formula is C42H72O34. The minimum atomic E-state index is -2.24. The maximum Gasteiger partial charge on any atom is 0.187 e. The van der Waals surface area contributed by atoms with Crippen molar-refractivity contribution in [2.75, 3.05) is 46.2 Å². The Morgan fingerprint density at radius 1 is 0.316 bits per heavy atom. The third kappa shape index (κ3) is 13.0. The van der Waals surface area contributed by atoms with Gasteiger partial charge in [0.25, 0.3) is 0 Å². The average Bonchev–Trinajstić information content (AvgIpc) is 3.41. The minimum Gasteiger partial charge on any atom is -0.394 e. The van der Waals surface area contributed by atoms with Crippen LogP contribution in [0.15, 0.2) is 0 Å². The molecule has 34 nitrogen and oxygen atoms in total. The lowest BCUT2D eigenvalue weighted by molar-refractivity contribution is -0.434. The highest BCUT2D eigenvalue weighted by Gasteiger charge is 2.57. The van der Waals surface area contributed by atoms with Crippen molar-refractivity contribution in [2.24, 2.45) is 0 Å². The average molecular weight is 1120 g/mol. The topological polar surface area (TPSA) is 534 Å². The molecule has 16 aliphatic rings. The van der Waals surface area contributed by atoms with E-state index in [0.29, 0.717) is 0 Å². The Hall–Kier alpha value is -1.36. The van der Waals surface area contributed by atoms with Crippen LogP contribution in [0.3, 0.4) is 0 Å². The first-order chi connectivity index (χ1) is 36.2. The Labute approximate surface area is 430 Å². The number of rotatable bonds is 9. The zero-order valence-corrected chi connectivity index (χ0v) is 40.4. The Bertz CT molecular complexity index is 1740. The van der Waals surface area contributed by atoms with E-state index in [9.17, 15) is 102 Å². The predicted molar refractivity (Wildman–Crippen MR) is 229 cm³/mol. The molecular weight excluding hydrogens is 1050 g/mol. The Morgan fingerprint density at radius 2 is 0.605 bits per heavy atom. The van der Waals surface area contributed by atoms with E-state index in [2.05, 4.69) is 0 Å². The van der Waals surface area contributed by atoms with E-state index in [0.717, 1.165) is 6.92 Å². The molecule has 16 fully saturated rings. The van der Waals surface area contributed by atoms with Gasteiger partial charge in [-0.2, -0.15) is 0 Å². The first kappa shape index (κ1) is 62.2. The highest BCUT2D eigenvalue weighted by atomic mass is 17.2. The summed E-state index contributed by atoms with van der Waals surface area (Å²) < 4.78 is 68.6. The number of ether oxygens (including phenoxy) is 12. The lowest BCUT2D eigenvalue weighted by Gasteiger charge is -2.49. The van der Waals surface area contributed by atoms with E-state index >= 15 is 0 Å². The second-order valence-electron chi connectivity index (χ2n) is 19.3. The van der Waals surface area contributed by atoms with Gasteiger partial charge in [-0.05, 0) is 6.92 Å². The molecule has 444 valence electrons. The van der Waals surface area contributed by atoms with Crippen LogP contribution in [-0.2, 0) is 66.6 Å². The molecule has 33 atom stereocenters. The van der Waals surface area contributed by atoms with Gasteiger partial charge in [0, 0.05) is 6.42 Å². The SMILES string of the molecule is C[C@@H](O)C(O)C1OC2OC(CO)C(OC3OC(CO)C(OC4OC(CO)[C@H](CC4O)OC4OC(CO)C(OC5OC(CO)C(OC6OC(CO)C(OOC1CO)C(O)C6O)C(O)C5O)C(O)C4O)C(O)C3O)C(O)C2O. The molecule has 0 radical (unpaired) electrons. The summed E-state index contributed by atoms with van der Waals surface area (Å²) in [5, 5.41) is 218. The van der Waals surface area contributed by atoms with Gasteiger partial charge < -0.3 is 159 Å². The smallest absolute Gasteiger partial charge is 0.187 e. The monoisotopic (exact) mass is 1120 g/mol. The number of aliphatic hydroxyl groups is 20. The predicted octanol–water partition coefficient (Wildman–Crippen LogP) is -13.6. The van der Waals surface area contributed by atoms with Crippen molar-refractivity contribution in [1.29, 1.82) is 0 Å². The summed E-state index contributed by atoms with van der Waals surface area (Å²) in [6.07, 6.45) is -64.0. The molecule has 20 N–H and O–H groups in total. The van der Waals surface area contributed by atoms with Crippen molar-refractivity contribution in [1.82, 2.24) is 0 Å². The van der Waals surface area contributed by atoms with E-state index in [1.807, 2.05) is 0 Å². The van der Waals surface area contributed by atoms with Gasteiger partial charge in [0.15, 0.2) is 37.7 Å². The molecule has 0 aliphatic carbocycles. The van der Waals surface area contributed by atoms with Gasteiger partial charge in [0.05, 0.1) is 58.5 Å². The van der Waals surface area contributed by atoms with Gasteiger partial charge in [0.2, 0.25) is 0 Å². The minimum absolute atomic E-state index is 0.506. The lowest BCUT2D eigenvalue weighted by Crippen LogP contribution is -2.67. The Balaban J connectivity index is 1.18. The zero-order chi connectivity index (χ0) is 55.6. The standard InChI is InChI=1S/C42H72O34/c1-10(50)20(52)35-19(9-49)75-76-36-18(8-48)69-42(30(62)25(36)57)73-34-16(6-46)67-40(28(60)23(34)55)71-32-15(5-45)65-38(26(58)21(32)53)63-12-2-11(51)37(64-13(12)3-43)70-31-14(4-44)66-39(27(59)22(31)54)72-33-17(7-47)68-41(74-35)29(61)24(33)56/h10-62H,2-9H2,1H3/t10-,11?,12+,13?,14?,15?,16?,17?,18?,19?,20?,21?,22?,23?,24?,25?,26?,27?,28?,29?,30?,31?,32?,33?,34?,35?,36?,37?,38?,39?,40?,41?,42?/m1/s1. The summed E-state index contributed by atoms with van der Waals surface area (Å²) in [6.45, 7) is -6.11. The maximum absolute atomic E-state index is 11.4. The molecule has 0 aromatic rings. The summed E-state index contributed by atoms with van der Waals surface area (Å²) in [5.41, 5.74) is 0. The van der Waals surface area contributed by atoms with E-state index in [1.54, 1.807) is 0 Å². The fourth-order valence-electron chi connectivity index (χ4n) is 9.83. The summed E-state index contributed by atoms with van der Waals surface area (Å²) in [4.78, 5) is 10.6. The molecule has 0 spiro atoms. The fraction of sp³-hybridized carbons (Fsp3) is 1.00. The van der Waals surface area contributed by atoms with Gasteiger partial charge >= 0.3 is 0 Å². The highest BCUT2D eigenvalue weighted by Crippen LogP contribution is 2.37. The van der Waals surface area contributed by atoms with Crippen LogP contribution in [0.1, 0.15) is 13.3 Å². The first-order valence-electron chi connectivity index (χ1n) is 24.5. The van der Waals surface area contributed by atoms with E-state index in [-0.39, 0.29) is 0 Å². The fourth-order valence-corrected chi connectivity index (χ4v) is 9.83. The lowest BCUT2D eigenvalue weighted by atomic mass is 9.95. The summed E-state index contributed by atoms with van der Waals surface area (Å²) in [5.74, 6) is 0. The second-order valence-corrected chi connectivity index (χ2v) is 19.3. The van der Waals surface area contributed by atoms with Gasteiger partial charge in [-0.15, -0.1) is 0 Å². The quantitative estimate of drug-likeness (QED) is 0.0953. The van der Waals surface area contributed by atoms with Crippen molar-refractivity contribution in [2.45, 2.75) is 216 Å². The molecule has 16 saturated heterocycles. The number of hydrogen-bond acceptors (Lipinski definition) is 34. The van der Waals surface area contributed by atoms with Crippen molar-refractivity contribution in [3.8, 4) is 0 Å². The van der Waals surface area contributed by atoms with Crippen LogP contribution in [0.5, 0.6) is 0 Å². The van der Waals surface area contributed by atoms with E-state index in [4.69, 9.17) is 66.6 Å². The van der Waals surface area contributed by atoms with Crippen LogP contribution in [0.2, 0.25) is 0 Å². The number of aliphatic hydroxyl groups excluding tert-OH is 20. The van der Waals surface area contributed by atoms with E-state index < -0.39 is 255 Å². The highest BCUT2D eigenvalue weighted by molar-refractivity contribution is 4.99. The van der Waals surface area contributed by atoms with Crippen LogP contribution in [0, 0.1) is 0 Å². The van der Waals surface area contributed by atoms with E-state index in [1.165, 1.54) is 0 Å². The molecule has 12 bridgehead atoms. The normalized spacial score (nSPS) is 52.1. The zero-order valence-electron chi connectivity index (χ0n) is 40.4. The van der Waals surface area contributed by atoms with Crippen LogP contribution >= 0.6 is 0 Å². The first-order valence-corrected chi connectivity index (χ1v) is 24.5. The van der Waals surface area contributed by atoms with Gasteiger partial charge in [-0.25, -0.2) is 9.78 Å². The molecule has 0 amide bonds. The van der Waals surface area contributed by atoms with Crippen LogP contribution in [0.4, 0.5) is 0 Å². The van der Waals surface area contributed by atoms with Crippen molar-refractivity contribution < 1.29 is 169 Å². The molecule has 31 unspecified atom stereocenters. The molecule has 34 heteroatoms. The van der Waals surface area contributed by atoms with Crippen molar-refractivity contribution in [3.05, 3.63) is 0 Å². The number of hydrogen-bond donors (Lipinski definition) is 20. The van der Waals surface area contributed by atoms with Crippen molar-refractivity contribution in [3.63, 3.8) is 0 Å². The molecule has 76 heavy (non-hydrogen) atoms. The van der Waals surface area contributed by atoms with Gasteiger partial charge in [-0.3, -0.25) is 0 Å². The molecule has 16 rings (SSSR count).